The lowest BCUT2D eigenvalue weighted by Gasteiger charge is -2.50. The van der Waals surface area contributed by atoms with Gasteiger partial charge >= 0.3 is 6.18 Å². The van der Waals surface area contributed by atoms with E-state index in [1.165, 1.54) is 24.3 Å². The van der Waals surface area contributed by atoms with Crippen molar-refractivity contribution in [1.29, 1.82) is 5.26 Å². The monoisotopic (exact) mass is 495 g/mol. The van der Waals surface area contributed by atoms with Crippen LogP contribution in [0.3, 0.4) is 0 Å². The molecule has 0 heterocycles. The second-order valence-electron chi connectivity index (χ2n) is 8.05. The van der Waals surface area contributed by atoms with E-state index >= 15 is 0 Å². The second kappa shape index (κ2) is 8.76. The van der Waals surface area contributed by atoms with Gasteiger partial charge in [-0.2, -0.15) is 18.4 Å². The summed E-state index contributed by atoms with van der Waals surface area (Å²) in [5, 5.41) is 8.97. The summed E-state index contributed by atoms with van der Waals surface area (Å²) in [4.78, 5) is 14.7. The van der Waals surface area contributed by atoms with Crippen molar-refractivity contribution < 1.29 is 26.4 Å². The number of anilines is 2. The topological polar surface area (TPSA) is 81.5 Å². The molecule has 0 radical (unpaired) electrons. The fourth-order valence-electron chi connectivity index (χ4n) is 3.75. The Balaban J connectivity index is 2.08. The van der Waals surface area contributed by atoms with Crippen LogP contribution in [0.1, 0.15) is 37.3 Å². The van der Waals surface area contributed by atoms with Crippen LogP contribution in [0.5, 0.6) is 0 Å². The molecule has 0 N–H and O–H groups in total. The quantitative estimate of drug-likeness (QED) is 0.443. The van der Waals surface area contributed by atoms with Crippen LogP contribution in [-0.2, 0) is 20.8 Å². The van der Waals surface area contributed by atoms with Crippen LogP contribution in [0.25, 0.3) is 0 Å². The van der Waals surface area contributed by atoms with E-state index in [1.54, 1.807) is 17.0 Å². The first-order chi connectivity index (χ1) is 15.3. The number of thiocarbonyl (C=S) groups is 1. The molecule has 0 aliphatic heterocycles. The number of carbonyl (C=O) groups excluding carboxylic acids is 1. The molecule has 1 saturated carbocycles. The molecule has 1 aliphatic carbocycles. The summed E-state index contributed by atoms with van der Waals surface area (Å²) in [7, 11) is -3.43. The average molecular weight is 496 g/mol. The van der Waals surface area contributed by atoms with Gasteiger partial charge in [-0.05, 0) is 80.9 Å². The van der Waals surface area contributed by atoms with E-state index in [0.29, 0.717) is 18.2 Å². The predicted molar refractivity (Wildman–Crippen MR) is 122 cm³/mol. The molecule has 1 fully saturated rings. The molecular formula is C22H20F3N3O3S2. The zero-order chi connectivity index (χ0) is 24.6. The zero-order valence-corrected chi connectivity index (χ0v) is 19.4. The van der Waals surface area contributed by atoms with E-state index in [-0.39, 0.29) is 15.7 Å². The molecule has 0 bridgehead atoms. The SMILES string of the molecule is CC1(N(C(=S)N(C=O)c2ccc(C#N)c(C(F)(F)F)c2)c2ccc(S(C)(=O)=O)cc2)CCC1. The number of nitrogens with zero attached hydrogens (tertiary/aromatic N) is 3. The van der Waals surface area contributed by atoms with Crippen LogP contribution in [0.15, 0.2) is 47.4 Å². The molecule has 2 aromatic carbocycles. The lowest BCUT2D eigenvalue weighted by atomic mass is 9.77. The summed E-state index contributed by atoms with van der Waals surface area (Å²) in [6.45, 7) is 1.91. The number of nitriles is 1. The molecule has 174 valence electrons. The Kier molecular flexibility index (Phi) is 6.55. The minimum Gasteiger partial charge on any atom is -0.312 e. The first kappa shape index (κ1) is 24.7. The van der Waals surface area contributed by atoms with Gasteiger partial charge < -0.3 is 4.90 Å². The summed E-state index contributed by atoms with van der Waals surface area (Å²) in [6, 6.07) is 10.4. The van der Waals surface area contributed by atoms with Crippen LogP contribution < -0.4 is 9.80 Å². The van der Waals surface area contributed by atoms with Crippen molar-refractivity contribution >= 4 is 45.0 Å². The van der Waals surface area contributed by atoms with Gasteiger partial charge in [0.05, 0.1) is 27.8 Å². The number of rotatable bonds is 5. The van der Waals surface area contributed by atoms with Crippen LogP contribution in [0, 0.1) is 11.3 Å². The maximum absolute atomic E-state index is 13.4. The Morgan fingerprint density at radius 1 is 1.15 bits per heavy atom. The molecule has 0 saturated heterocycles. The van der Waals surface area contributed by atoms with Crippen LogP contribution in [-0.4, -0.2) is 31.7 Å². The molecule has 0 spiro atoms. The molecule has 11 heteroatoms. The first-order valence-electron chi connectivity index (χ1n) is 9.82. The third-order valence-electron chi connectivity index (χ3n) is 5.70. The summed E-state index contributed by atoms with van der Waals surface area (Å²) < 4.78 is 63.9. The Morgan fingerprint density at radius 2 is 1.73 bits per heavy atom. The lowest BCUT2D eigenvalue weighted by Crippen LogP contribution is -2.58. The fourth-order valence-corrected chi connectivity index (χ4v) is 4.85. The number of sulfone groups is 1. The minimum absolute atomic E-state index is 0.0582. The molecule has 1 aliphatic rings. The van der Waals surface area contributed by atoms with Crippen molar-refractivity contribution in [3.63, 3.8) is 0 Å². The molecule has 2 aromatic rings. The standard InChI is InChI=1S/C22H20F3N3O3S2/c1-21(10-3-11-21)28(16-6-8-18(9-7-16)33(2,30)31)20(32)27(14-29)17-5-4-15(13-26)19(12-17)22(23,24)25/h4-9,12,14H,3,10-11H2,1-2H3. The number of hydrogen-bond acceptors (Lipinski definition) is 5. The highest BCUT2D eigenvalue weighted by Crippen LogP contribution is 2.42. The Morgan fingerprint density at radius 3 is 2.15 bits per heavy atom. The molecular weight excluding hydrogens is 475 g/mol. The van der Waals surface area contributed by atoms with Crippen molar-refractivity contribution in [2.75, 3.05) is 16.1 Å². The average Bonchev–Trinajstić information content (AvgIpc) is 2.72. The number of carbonyl (C=O) groups is 1. The third-order valence-corrected chi connectivity index (χ3v) is 7.21. The van der Waals surface area contributed by atoms with Crippen molar-refractivity contribution in [3.8, 4) is 6.07 Å². The second-order valence-corrected chi connectivity index (χ2v) is 10.4. The molecule has 33 heavy (non-hydrogen) atoms. The third kappa shape index (κ3) is 4.86. The van der Waals surface area contributed by atoms with Crippen molar-refractivity contribution in [1.82, 2.24) is 0 Å². The number of alkyl halides is 3. The Labute approximate surface area is 195 Å². The van der Waals surface area contributed by atoms with E-state index < -0.39 is 32.7 Å². The maximum Gasteiger partial charge on any atom is 0.417 e. The number of halogens is 3. The predicted octanol–water partition coefficient (Wildman–Crippen LogP) is 4.68. The minimum atomic E-state index is -4.79. The fraction of sp³-hybridized carbons (Fsp3) is 0.318. The van der Waals surface area contributed by atoms with Gasteiger partial charge in [0.2, 0.25) is 6.41 Å². The first-order valence-corrected chi connectivity index (χ1v) is 12.1. The van der Waals surface area contributed by atoms with Crippen LogP contribution in [0.4, 0.5) is 24.5 Å². The van der Waals surface area contributed by atoms with Gasteiger partial charge in [-0.25, -0.2) is 8.42 Å². The van der Waals surface area contributed by atoms with E-state index in [1.807, 2.05) is 6.92 Å². The molecule has 0 unspecified atom stereocenters. The molecule has 1 amide bonds. The molecule has 0 aromatic heterocycles. The summed E-state index contributed by atoms with van der Waals surface area (Å²) >= 11 is 5.57. The van der Waals surface area contributed by atoms with E-state index in [9.17, 15) is 26.4 Å². The number of benzene rings is 2. The number of hydrogen-bond donors (Lipinski definition) is 0. The largest absolute Gasteiger partial charge is 0.417 e. The summed E-state index contributed by atoms with van der Waals surface area (Å²) in [5.74, 6) is 0. The van der Waals surface area contributed by atoms with E-state index in [4.69, 9.17) is 17.5 Å². The Hall–Kier alpha value is -2.97. The summed E-state index contributed by atoms with van der Waals surface area (Å²) in [5.41, 5.74) is -1.88. The van der Waals surface area contributed by atoms with Gasteiger partial charge in [0.15, 0.2) is 14.9 Å². The molecule has 0 atom stereocenters. The van der Waals surface area contributed by atoms with Crippen LogP contribution >= 0.6 is 12.2 Å². The Bertz CT molecular complexity index is 1230. The van der Waals surface area contributed by atoms with Gasteiger partial charge in [-0.1, -0.05) is 0 Å². The van der Waals surface area contributed by atoms with E-state index in [2.05, 4.69) is 0 Å². The van der Waals surface area contributed by atoms with Gasteiger partial charge in [0.25, 0.3) is 0 Å². The highest BCUT2D eigenvalue weighted by molar-refractivity contribution is 7.90. The van der Waals surface area contributed by atoms with Gasteiger partial charge in [0, 0.05) is 17.5 Å². The highest BCUT2D eigenvalue weighted by Gasteiger charge is 2.42. The van der Waals surface area contributed by atoms with Crippen molar-refractivity contribution in [3.05, 3.63) is 53.6 Å². The zero-order valence-electron chi connectivity index (χ0n) is 17.8. The highest BCUT2D eigenvalue weighted by atomic mass is 32.2. The van der Waals surface area contributed by atoms with Crippen molar-refractivity contribution in [2.24, 2.45) is 0 Å². The molecule has 3 rings (SSSR count). The van der Waals surface area contributed by atoms with Gasteiger partial charge in [-0.3, -0.25) is 9.69 Å². The smallest absolute Gasteiger partial charge is 0.312 e. The maximum atomic E-state index is 13.4. The normalized spacial score (nSPS) is 15.2. The number of amides is 1. The van der Waals surface area contributed by atoms with Gasteiger partial charge in [0.1, 0.15) is 0 Å². The van der Waals surface area contributed by atoms with E-state index in [0.717, 1.165) is 36.5 Å². The molecule has 6 nitrogen and oxygen atoms in total. The van der Waals surface area contributed by atoms with Crippen LogP contribution in [0.2, 0.25) is 0 Å². The lowest BCUT2D eigenvalue weighted by molar-refractivity contribution is -0.137. The van der Waals surface area contributed by atoms with Crippen molar-refractivity contribution in [2.45, 2.75) is 42.8 Å². The summed E-state index contributed by atoms with van der Waals surface area (Å²) in [6.07, 6.45) is -1.06. The van der Waals surface area contributed by atoms with Gasteiger partial charge in [-0.15, -0.1) is 0 Å².